The lowest BCUT2D eigenvalue weighted by Crippen LogP contribution is -2.35. The predicted molar refractivity (Wildman–Crippen MR) is 59.9 cm³/mol. The zero-order valence-electron chi connectivity index (χ0n) is 10.1. The molecule has 15 heavy (non-hydrogen) atoms. The smallest absolute Gasteiger partial charge is 0.404 e. The van der Waals surface area contributed by atoms with E-state index in [1.807, 2.05) is 6.92 Å². The van der Waals surface area contributed by atoms with Gasteiger partial charge in [0.15, 0.2) is 0 Å². The van der Waals surface area contributed by atoms with Crippen molar-refractivity contribution >= 4 is 6.09 Å². The Labute approximate surface area is 91.7 Å². The average Bonchev–Trinajstić information content (AvgIpc) is 2.01. The molecular weight excluding hydrogens is 194 g/mol. The van der Waals surface area contributed by atoms with Gasteiger partial charge in [-0.05, 0) is 18.3 Å². The molecule has 0 aromatic heterocycles. The van der Waals surface area contributed by atoms with E-state index in [9.17, 15) is 9.90 Å². The van der Waals surface area contributed by atoms with Crippen LogP contribution in [0.25, 0.3) is 0 Å². The molecule has 0 aliphatic heterocycles. The number of nitrogens with one attached hydrogen (secondary N) is 1. The topological polar surface area (TPSA) is 69.6 Å². The summed E-state index contributed by atoms with van der Waals surface area (Å²) in [6, 6.07) is 0. The standard InChI is InChI=1S/C11H23NO3/c1-5-8(7-12-10(14)15)9(13)6-11(2,3)4/h8-9,12-13H,5-7H2,1-4H3,(H,14,15)/t8-,9?/m0/s1. The van der Waals surface area contributed by atoms with Gasteiger partial charge in [-0.3, -0.25) is 0 Å². The van der Waals surface area contributed by atoms with Crippen LogP contribution in [0.1, 0.15) is 40.5 Å². The third-order valence-electron chi connectivity index (χ3n) is 2.41. The van der Waals surface area contributed by atoms with Crippen LogP contribution in [-0.4, -0.2) is 29.0 Å². The lowest BCUT2D eigenvalue weighted by Gasteiger charge is -2.27. The summed E-state index contributed by atoms with van der Waals surface area (Å²) in [5, 5.41) is 20.7. The SMILES string of the molecule is CC[C@@H](CNC(=O)O)C(O)CC(C)(C)C. The van der Waals surface area contributed by atoms with Crippen LogP contribution in [0.2, 0.25) is 0 Å². The fourth-order valence-electron chi connectivity index (χ4n) is 1.56. The molecule has 4 heteroatoms. The maximum absolute atomic E-state index is 10.3. The van der Waals surface area contributed by atoms with E-state index < -0.39 is 12.2 Å². The van der Waals surface area contributed by atoms with Crippen molar-refractivity contribution in [2.24, 2.45) is 11.3 Å². The van der Waals surface area contributed by atoms with Crippen molar-refractivity contribution in [3.05, 3.63) is 0 Å². The minimum atomic E-state index is -1.03. The summed E-state index contributed by atoms with van der Waals surface area (Å²) in [4.78, 5) is 10.3. The Morgan fingerprint density at radius 1 is 1.40 bits per heavy atom. The number of rotatable bonds is 5. The van der Waals surface area contributed by atoms with Gasteiger partial charge in [-0.2, -0.15) is 0 Å². The Balaban J connectivity index is 4.10. The molecule has 1 unspecified atom stereocenters. The summed E-state index contributed by atoms with van der Waals surface area (Å²) in [5.74, 6) is 0.000301. The normalized spacial score (nSPS) is 15.8. The summed E-state index contributed by atoms with van der Waals surface area (Å²) < 4.78 is 0. The molecule has 0 aromatic rings. The van der Waals surface area contributed by atoms with E-state index >= 15 is 0 Å². The number of aliphatic hydroxyl groups excluding tert-OH is 1. The van der Waals surface area contributed by atoms with Crippen molar-refractivity contribution in [2.75, 3.05) is 6.54 Å². The van der Waals surface area contributed by atoms with E-state index in [2.05, 4.69) is 26.1 Å². The van der Waals surface area contributed by atoms with Crippen molar-refractivity contribution < 1.29 is 15.0 Å². The van der Waals surface area contributed by atoms with Gasteiger partial charge in [-0.15, -0.1) is 0 Å². The lowest BCUT2D eigenvalue weighted by molar-refractivity contribution is 0.0639. The van der Waals surface area contributed by atoms with Crippen LogP contribution in [0.3, 0.4) is 0 Å². The minimum Gasteiger partial charge on any atom is -0.465 e. The third kappa shape index (κ3) is 7.19. The van der Waals surface area contributed by atoms with Crippen LogP contribution in [0.15, 0.2) is 0 Å². The fraction of sp³-hybridized carbons (Fsp3) is 0.909. The minimum absolute atomic E-state index is 0.000301. The van der Waals surface area contributed by atoms with E-state index in [0.717, 1.165) is 6.42 Å². The maximum Gasteiger partial charge on any atom is 0.404 e. The summed E-state index contributed by atoms with van der Waals surface area (Å²) in [6.45, 7) is 8.47. The first-order valence-corrected chi connectivity index (χ1v) is 5.41. The zero-order chi connectivity index (χ0) is 12.1. The highest BCUT2D eigenvalue weighted by Gasteiger charge is 2.23. The molecule has 0 fully saturated rings. The molecule has 1 amide bonds. The van der Waals surface area contributed by atoms with E-state index in [1.54, 1.807) is 0 Å². The van der Waals surface area contributed by atoms with Crippen molar-refractivity contribution in [2.45, 2.75) is 46.6 Å². The highest BCUT2D eigenvalue weighted by molar-refractivity contribution is 5.64. The second-order valence-electron chi connectivity index (χ2n) is 5.19. The van der Waals surface area contributed by atoms with Gasteiger partial charge >= 0.3 is 6.09 Å². The maximum atomic E-state index is 10.3. The Hall–Kier alpha value is -0.770. The zero-order valence-corrected chi connectivity index (χ0v) is 10.1. The van der Waals surface area contributed by atoms with Gasteiger partial charge < -0.3 is 15.5 Å². The summed E-state index contributed by atoms with van der Waals surface area (Å²) in [7, 11) is 0. The molecule has 3 N–H and O–H groups in total. The molecule has 0 aliphatic carbocycles. The van der Waals surface area contributed by atoms with E-state index in [1.165, 1.54) is 0 Å². The Morgan fingerprint density at radius 3 is 2.27 bits per heavy atom. The number of aliphatic hydroxyl groups is 1. The molecule has 0 saturated heterocycles. The van der Waals surface area contributed by atoms with Gasteiger partial charge in [0.25, 0.3) is 0 Å². The van der Waals surface area contributed by atoms with E-state index in [-0.39, 0.29) is 11.3 Å². The molecule has 4 nitrogen and oxygen atoms in total. The molecule has 0 spiro atoms. The highest BCUT2D eigenvalue weighted by atomic mass is 16.4. The molecule has 0 aromatic carbocycles. The van der Waals surface area contributed by atoms with Gasteiger partial charge in [-0.25, -0.2) is 4.79 Å². The molecule has 0 heterocycles. The summed E-state index contributed by atoms with van der Waals surface area (Å²) >= 11 is 0. The predicted octanol–water partition coefficient (Wildman–Crippen LogP) is 2.08. The van der Waals surface area contributed by atoms with Crippen LogP contribution < -0.4 is 5.32 Å². The van der Waals surface area contributed by atoms with Gasteiger partial charge in [-0.1, -0.05) is 27.7 Å². The van der Waals surface area contributed by atoms with Gasteiger partial charge in [0, 0.05) is 12.5 Å². The first-order valence-electron chi connectivity index (χ1n) is 5.41. The second kappa shape index (κ2) is 5.95. The number of amides is 1. The molecular formula is C11H23NO3. The average molecular weight is 217 g/mol. The van der Waals surface area contributed by atoms with E-state index in [4.69, 9.17) is 5.11 Å². The molecule has 2 atom stereocenters. The van der Waals surface area contributed by atoms with Crippen molar-refractivity contribution in [1.29, 1.82) is 0 Å². The Kier molecular flexibility index (Phi) is 5.65. The lowest BCUT2D eigenvalue weighted by atomic mass is 9.84. The molecule has 90 valence electrons. The molecule has 0 radical (unpaired) electrons. The fourth-order valence-corrected chi connectivity index (χ4v) is 1.56. The number of carboxylic acid groups (broad SMARTS) is 1. The van der Waals surface area contributed by atoms with Crippen molar-refractivity contribution in [3.8, 4) is 0 Å². The Morgan fingerprint density at radius 2 is 1.93 bits per heavy atom. The van der Waals surface area contributed by atoms with Gasteiger partial charge in [0.2, 0.25) is 0 Å². The van der Waals surface area contributed by atoms with Crippen molar-refractivity contribution in [3.63, 3.8) is 0 Å². The first-order chi connectivity index (χ1) is 6.76. The van der Waals surface area contributed by atoms with Gasteiger partial charge in [0.05, 0.1) is 6.10 Å². The van der Waals surface area contributed by atoms with Crippen LogP contribution in [0.4, 0.5) is 4.79 Å². The monoisotopic (exact) mass is 217 g/mol. The van der Waals surface area contributed by atoms with E-state index in [0.29, 0.717) is 13.0 Å². The number of hydrogen-bond donors (Lipinski definition) is 3. The van der Waals surface area contributed by atoms with Crippen LogP contribution in [0, 0.1) is 11.3 Å². The Bertz CT molecular complexity index is 198. The van der Waals surface area contributed by atoms with Crippen LogP contribution >= 0.6 is 0 Å². The van der Waals surface area contributed by atoms with Crippen LogP contribution in [0.5, 0.6) is 0 Å². The quantitative estimate of drug-likeness (QED) is 0.660. The summed E-state index contributed by atoms with van der Waals surface area (Å²) in [6.07, 6.45) is -0.0112. The third-order valence-corrected chi connectivity index (χ3v) is 2.41. The number of hydrogen-bond acceptors (Lipinski definition) is 2. The molecule has 0 aliphatic rings. The molecule has 0 rings (SSSR count). The van der Waals surface area contributed by atoms with Crippen molar-refractivity contribution in [1.82, 2.24) is 5.32 Å². The molecule has 0 saturated carbocycles. The first kappa shape index (κ1) is 14.2. The number of carbonyl (C=O) groups is 1. The largest absolute Gasteiger partial charge is 0.465 e. The van der Waals surface area contributed by atoms with Gasteiger partial charge in [0.1, 0.15) is 0 Å². The molecule has 0 bridgehead atoms. The van der Waals surface area contributed by atoms with Crippen LogP contribution in [-0.2, 0) is 0 Å². The summed E-state index contributed by atoms with van der Waals surface area (Å²) in [5.41, 5.74) is 0.0655. The second-order valence-corrected chi connectivity index (χ2v) is 5.19. The highest BCUT2D eigenvalue weighted by Crippen LogP contribution is 2.25.